The van der Waals surface area contributed by atoms with Gasteiger partial charge in [0, 0.05) is 12.4 Å². The van der Waals surface area contributed by atoms with Crippen LogP contribution in [0.2, 0.25) is 0 Å². The molecule has 1 aliphatic heterocycles. The van der Waals surface area contributed by atoms with E-state index in [0.29, 0.717) is 6.61 Å². The first-order valence-electron chi connectivity index (χ1n) is 4.68. The van der Waals surface area contributed by atoms with Gasteiger partial charge in [0.15, 0.2) is 6.17 Å². The fourth-order valence-corrected chi connectivity index (χ4v) is 1.35. The van der Waals surface area contributed by atoms with Crippen LogP contribution in [0, 0.1) is 0 Å². The zero-order valence-electron chi connectivity index (χ0n) is 8.05. The normalized spacial score (nSPS) is 14.9. The highest BCUT2D eigenvalue weighted by Crippen LogP contribution is 2.22. The molecule has 72 valence electrons. The van der Waals surface area contributed by atoms with Gasteiger partial charge in [-0.05, 0) is 24.6 Å². The first-order valence-corrected chi connectivity index (χ1v) is 4.68. The fourth-order valence-electron chi connectivity index (χ4n) is 1.35. The van der Waals surface area contributed by atoms with Crippen molar-refractivity contribution in [2.24, 2.45) is 9.98 Å². The summed E-state index contributed by atoms with van der Waals surface area (Å²) in [7, 11) is 0. The number of aliphatic imine (C=N–C) groups is 2. The largest absolute Gasteiger partial charge is 0.494 e. The number of hydrogen-bond acceptors (Lipinski definition) is 3. The molecule has 1 aromatic carbocycles. The lowest BCUT2D eigenvalue weighted by Crippen LogP contribution is -1.92. The molecule has 0 saturated heterocycles. The van der Waals surface area contributed by atoms with Crippen molar-refractivity contribution >= 4 is 12.4 Å². The average molecular weight is 188 g/mol. The molecule has 0 aliphatic carbocycles. The van der Waals surface area contributed by atoms with Gasteiger partial charge in [-0.2, -0.15) is 0 Å². The monoisotopic (exact) mass is 188 g/mol. The maximum Gasteiger partial charge on any atom is 0.165 e. The molecule has 0 spiro atoms. The van der Waals surface area contributed by atoms with E-state index < -0.39 is 0 Å². The second-order valence-electron chi connectivity index (χ2n) is 2.97. The molecule has 0 radical (unpaired) electrons. The van der Waals surface area contributed by atoms with E-state index in [9.17, 15) is 0 Å². The van der Waals surface area contributed by atoms with Crippen molar-refractivity contribution in [3.63, 3.8) is 0 Å². The summed E-state index contributed by atoms with van der Waals surface area (Å²) in [6.07, 6.45) is 3.40. The van der Waals surface area contributed by atoms with Gasteiger partial charge in [-0.3, -0.25) is 9.98 Å². The van der Waals surface area contributed by atoms with Crippen molar-refractivity contribution in [3.05, 3.63) is 29.8 Å². The van der Waals surface area contributed by atoms with E-state index in [-0.39, 0.29) is 6.17 Å². The third-order valence-electron chi connectivity index (χ3n) is 2.01. The van der Waals surface area contributed by atoms with Gasteiger partial charge in [0.25, 0.3) is 0 Å². The number of ether oxygens (including phenoxy) is 1. The molecule has 14 heavy (non-hydrogen) atoms. The third kappa shape index (κ3) is 1.82. The second-order valence-corrected chi connectivity index (χ2v) is 2.97. The summed E-state index contributed by atoms with van der Waals surface area (Å²) >= 11 is 0. The highest BCUT2D eigenvalue weighted by Gasteiger charge is 2.08. The van der Waals surface area contributed by atoms with Gasteiger partial charge < -0.3 is 4.74 Å². The van der Waals surface area contributed by atoms with Gasteiger partial charge in [0.1, 0.15) is 5.75 Å². The van der Waals surface area contributed by atoms with Crippen molar-refractivity contribution in [2.75, 3.05) is 6.61 Å². The standard InChI is InChI=1S/C11H12N2O/c1-2-14-10-5-3-9(4-6-10)11-12-7-8-13-11/h3-8,11H,2H2,1H3. The van der Waals surface area contributed by atoms with Crippen molar-refractivity contribution in [3.8, 4) is 5.75 Å². The highest BCUT2D eigenvalue weighted by atomic mass is 16.5. The molecular weight excluding hydrogens is 176 g/mol. The molecule has 0 saturated carbocycles. The summed E-state index contributed by atoms with van der Waals surface area (Å²) in [6, 6.07) is 7.88. The van der Waals surface area contributed by atoms with E-state index in [1.807, 2.05) is 31.2 Å². The Morgan fingerprint density at radius 2 is 1.79 bits per heavy atom. The Kier molecular flexibility index (Phi) is 2.58. The van der Waals surface area contributed by atoms with E-state index in [4.69, 9.17) is 4.74 Å². The molecule has 2 rings (SSSR count). The van der Waals surface area contributed by atoms with Crippen LogP contribution in [0.15, 0.2) is 34.3 Å². The number of benzene rings is 1. The van der Waals surface area contributed by atoms with Gasteiger partial charge in [-0.15, -0.1) is 0 Å². The lowest BCUT2D eigenvalue weighted by Gasteiger charge is -2.06. The van der Waals surface area contributed by atoms with Crippen LogP contribution in [-0.2, 0) is 0 Å². The minimum atomic E-state index is -0.0503. The van der Waals surface area contributed by atoms with E-state index in [2.05, 4.69) is 9.98 Å². The predicted molar refractivity (Wildman–Crippen MR) is 57.3 cm³/mol. The Balaban J connectivity index is 2.13. The summed E-state index contributed by atoms with van der Waals surface area (Å²) < 4.78 is 5.35. The number of hydrogen-bond donors (Lipinski definition) is 0. The van der Waals surface area contributed by atoms with Crippen LogP contribution < -0.4 is 4.74 Å². The molecule has 0 fully saturated rings. The fraction of sp³-hybridized carbons (Fsp3) is 0.273. The predicted octanol–water partition coefficient (Wildman–Crippen LogP) is 2.24. The molecule has 3 heteroatoms. The zero-order valence-corrected chi connectivity index (χ0v) is 8.05. The molecule has 0 atom stereocenters. The quantitative estimate of drug-likeness (QED) is 0.716. The van der Waals surface area contributed by atoms with Crippen LogP contribution in [0.3, 0.4) is 0 Å². The lowest BCUT2D eigenvalue weighted by molar-refractivity contribution is 0.340. The summed E-state index contributed by atoms with van der Waals surface area (Å²) in [5.41, 5.74) is 1.10. The highest BCUT2D eigenvalue weighted by molar-refractivity contribution is 6.17. The number of rotatable bonds is 3. The summed E-state index contributed by atoms with van der Waals surface area (Å²) in [4.78, 5) is 8.39. The first kappa shape index (κ1) is 8.94. The van der Waals surface area contributed by atoms with Gasteiger partial charge in [0.2, 0.25) is 0 Å². The first-order chi connectivity index (χ1) is 6.90. The van der Waals surface area contributed by atoms with Crippen molar-refractivity contribution < 1.29 is 4.74 Å². The van der Waals surface area contributed by atoms with Crippen molar-refractivity contribution in [1.29, 1.82) is 0 Å². The molecular formula is C11H12N2O. The topological polar surface area (TPSA) is 34.0 Å². The Labute approximate surface area is 83.2 Å². The van der Waals surface area contributed by atoms with Crippen LogP contribution in [0.5, 0.6) is 5.75 Å². The Bertz CT molecular complexity index is 342. The molecule has 1 heterocycles. The average Bonchev–Trinajstić information content (AvgIpc) is 2.72. The van der Waals surface area contributed by atoms with E-state index in [0.717, 1.165) is 11.3 Å². The van der Waals surface area contributed by atoms with Crippen LogP contribution >= 0.6 is 0 Å². The third-order valence-corrected chi connectivity index (χ3v) is 2.01. The van der Waals surface area contributed by atoms with E-state index in [1.165, 1.54) is 0 Å². The van der Waals surface area contributed by atoms with Gasteiger partial charge in [-0.1, -0.05) is 12.1 Å². The Morgan fingerprint density at radius 1 is 1.14 bits per heavy atom. The minimum absolute atomic E-state index is 0.0503. The zero-order chi connectivity index (χ0) is 9.80. The molecule has 0 aromatic heterocycles. The number of nitrogens with zero attached hydrogens (tertiary/aromatic N) is 2. The maximum absolute atomic E-state index is 5.35. The summed E-state index contributed by atoms with van der Waals surface area (Å²) in [5.74, 6) is 0.891. The molecule has 1 aliphatic rings. The molecule has 0 bridgehead atoms. The van der Waals surface area contributed by atoms with Gasteiger partial charge >= 0.3 is 0 Å². The molecule has 0 amide bonds. The van der Waals surface area contributed by atoms with E-state index >= 15 is 0 Å². The van der Waals surface area contributed by atoms with Crippen LogP contribution in [0.1, 0.15) is 18.7 Å². The van der Waals surface area contributed by atoms with Crippen LogP contribution in [0.4, 0.5) is 0 Å². The summed E-state index contributed by atoms with van der Waals surface area (Å²) in [6.45, 7) is 2.67. The van der Waals surface area contributed by atoms with Gasteiger partial charge in [0.05, 0.1) is 6.61 Å². The smallest absolute Gasteiger partial charge is 0.165 e. The van der Waals surface area contributed by atoms with Crippen molar-refractivity contribution in [2.45, 2.75) is 13.1 Å². The van der Waals surface area contributed by atoms with Gasteiger partial charge in [-0.25, -0.2) is 0 Å². The molecule has 3 nitrogen and oxygen atoms in total. The maximum atomic E-state index is 5.35. The molecule has 0 unspecified atom stereocenters. The van der Waals surface area contributed by atoms with Crippen LogP contribution in [-0.4, -0.2) is 19.0 Å². The molecule has 0 N–H and O–H groups in total. The van der Waals surface area contributed by atoms with E-state index in [1.54, 1.807) is 12.4 Å². The Hall–Kier alpha value is -1.64. The second kappa shape index (κ2) is 4.05. The molecule has 1 aromatic rings. The minimum Gasteiger partial charge on any atom is -0.494 e. The Morgan fingerprint density at radius 3 is 2.36 bits per heavy atom. The van der Waals surface area contributed by atoms with Crippen LogP contribution in [0.25, 0.3) is 0 Å². The SMILES string of the molecule is CCOc1ccc(C2N=CC=N2)cc1. The summed E-state index contributed by atoms with van der Waals surface area (Å²) in [5, 5.41) is 0. The van der Waals surface area contributed by atoms with Crippen molar-refractivity contribution in [1.82, 2.24) is 0 Å². The lowest BCUT2D eigenvalue weighted by atomic mass is 10.2.